The quantitative estimate of drug-likeness (QED) is 0.675. The molecule has 0 spiro atoms. The van der Waals surface area contributed by atoms with Gasteiger partial charge in [0.1, 0.15) is 5.75 Å². The number of aromatic hydroxyl groups is 1. The van der Waals surface area contributed by atoms with E-state index in [4.69, 9.17) is 11.6 Å². The van der Waals surface area contributed by atoms with Gasteiger partial charge in [0.15, 0.2) is 0 Å². The van der Waals surface area contributed by atoms with Crippen LogP contribution in [0.15, 0.2) is 29.8 Å². The Morgan fingerprint density at radius 3 is 2.80 bits per heavy atom. The molecule has 110 valence electrons. The van der Waals surface area contributed by atoms with E-state index in [1.54, 1.807) is 18.2 Å². The molecule has 0 bridgehead atoms. The molecule has 0 aliphatic rings. The van der Waals surface area contributed by atoms with Crippen molar-refractivity contribution < 1.29 is 9.90 Å². The molecule has 0 saturated heterocycles. The Hall–Kier alpha value is -1.52. The van der Waals surface area contributed by atoms with Gasteiger partial charge in [0, 0.05) is 35.3 Å². The van der Waals surface area contributed by atoms with E-state index in [0.29, 0.717) is 29.2 Å². The Balaban J connectivity index is 2.80. The molecular weight excluding hydrogens is 276 g/mol. The number of hydrogen-bond acceptors (Lipinski definition) is 3. The Morgan fingerprint density at radius 1 is 1.50 bits per heavy atom. The van der Waals surface area contributed by atoms with Crippen LogP contribution in [0.3, 0.4) is 0 Å². The molecule has 1 aromatic rings. The highest BCUT2D eigenvalue weighted by Crippen LogP contribution is 2.27. The van der Waals surface area contributed by atoms with E-state index in [-0.39, 0.29) is 17.7 Å². The molecule has 0 saturated carbocycles. The third-order valence-corrected chi connectivity index (χ3v) is 2.99. The monoisotopic (exact) mass is 296 g/mol. The number of phenols is 1. The minimum absolute atomic E-state index is 0.0288. The van der Waals surface area contributed by atoms with Crippen LogP contribution in [0.4, 0.5) is 5.69 Å². The van der Waals surface area contributed by atoms with Gasteiger partial charge in [-0.15, -0.1) is 0 Å². The van der Waals surface area contributed by atoms with Crippen molar-refractivity contribution in [3.8, 4) is 5.75 Å². The first kappa shape index (κ1) is 16.5. The van der Waals surface area contributed by atoms with E-state index in [0.717, 1.165) is 6.42 Å². The normalized spacial score (nSPS) is 11.9. The Labute approximate surface area is 124 Å². The predicted octanol–water partition coefficient (Wildman–Crippen LogP) is 3.53. The number of rotatable bonds is 7. The maximum absolute atomic E-state index is 11.6. The molecule has 0 aliphatic heterocycles. The molecule has 0 aliphatic carbocycles. The minimum Gasteiger partial charge on any atom is -0.508 e. The Morgan fingerprint density at radius 2 is 2.20 bits per heavy atom. The molecule has 1 amide bonds. The van der Waals surface area contributed by atoms with Crippen molar-refractivity contribution in [2.24, 2.45) is 0 Å². The summed E-state index contributed by atoms with van der Waals surface area (Å²) >= 11 is 5.71. The third kappa shape index (κ3) is 5.23. The van der Waals surface area contributed by atoms with Gasteiger partial charge < -0.3 is 15.7 Å². The summed E-state index contributed by atoms with van der Waals surface area (Å²) in [6, 6.07) is 4.91. The van der Waals surface area contributed by atoms with Gasteiger partial charge in [-0.2, -0.15) is 0 Å². The fraction of sp³-hybridized carbons (Fsp3) is 0.400. The average molecular weight is 297 g/mol. The number of amides is 1. The summed E-state index contributed by atoms with van der Waals surface area (Å²) in [5.74, 6) is 0.151. The van der Waals surface area contributed by atoms with Gasteiger partial charge >= 0.3 is 0 Å². The van der Waals surface area contributed by atoms with Crippen LogP contribution in [0.2, 0.25) is 0 Å². The predicted molar refractivity (Wildman–Crippen MR) is 83.1 cm³/mol. The standard InChI is InChI=1S/C15H21ClN2O2/c1-4-5-15(20)18-12-6-7-14(19)13(8-12)11(3)17-9-10(2)16/h6-8,11,17,19H,2,4-5,9H2,1,3H3,(H,18,20). The van der Waals surface area contributed by atoms with Crippen molar-refractivity contribution in [3.05, 3.63) is 35.4 Å². The topological polar surface area (TPSA) is 61.4 Å². The lowest BCUT2D eigenvalue weighted by molar-refractivity contribution is -0.116. The van der Waals surface area contributed by atoms with Gasteiger partial charge in [-0.25, -0.2) is 0 Å². The summed E-state index contributed by atoms with van der Waals surface area (Å²) in [6.45, 7) is 7.92. The van der Waals surface area contributed by atoms with Gasteiger partial charge in [-0.3, -0.25) is 4.79 Å². The van der Waals surface area contributed by atoms with E-state index in [2.05, 4.69) is 17.2 Å². The lowest BCUT2D eigenvalue weighted by Crippen LogP contribution is -2.20. The van der Waals surface area contributed by atoms with Crippen LogP contribution in [0.25, 0.3) is 0 Å². The van der Waals surface area contributed by atoms with E-state index < -0.39 is 0 Å². The Kier molecular flexibility index (Phi) is 6.55. The first-order chi connectivity index (χ1) is 9.43. The van der Waals surface area contributed by atoms with Crippen molar-refractivity contribution in [2.75, 3.05) is 11.9 Å². The van der Waals surface area contributed by atoms with Gasteiger partial charge in [0.2, 0.25) is 5.91 Å². The van der Waals surface area contributed by atoms with Gasteiger partial charge in [-0.05, 0) is 31.5 Å². The van der Waals surface area contributed by atoms with Gasteiger partial charge in [0.05, 0.1) is 0 Å². The van der Waals surface area contributed by atoms with E-state index in [1.165, 1.54) is 0 Å². The number of carbonyl (C=O) groups excluding carboxylic acids is 1. The fourth-order valence-corrected chi connectivity index (χ4v) is 1.88. The van der Waals surface area contributed by atoms with Crippen molar-refractivity contribution in [3.63, 3.8) is 0 Å². The molecule has 4 nitrogen and oxygen atoms in total. The van der Waals surface area contributed by atoms with E-state index in [1.807, 2.05) is 13.8 Å². The zero-order valence-electron chi connectivity index (χ0n) is 11.9. The second-order valence-corrected chi connectivity index (χ2v) is 5.23. The maximum atomic E-state index is 11.6. The second kappa shape index (κ2) is 7.92. The smallest absolute Gasteiger partial charge is 0.224 e. The lowest BCUT2D eigenvalue weighted by atomic mass is 10.1. The summed E-state index contributed by atoms with van der Waals surface area (Å²) < 4.78 is 0. The molecule has 5 heteroatoms. The number of phenolic OH excluding ortho intramolecular Hbond substituents is 1. The van der Waals surface area contributed by atoms with Crippen LogP contribution in [0.5, 0.6) is 5.75 Å². The number of benzene rings is 1. The zero-order valence-corrected chi connectivity index (χ0v) is 12.6. The highest BCUT2D eigenvalue weighted by atomic mass is 35.5. The first-order valence-electron chi connectivity index (χ1n) is 6.63. The van der Waals surface area contributed by atoms with Crippen LogP contribution in [-0.4, -0.2) is 17.6 Å². The molecule has 0 radical (unpaired) electrons. The van der Waals surface area contributed by atoms with E-state index >= 15 is 0 Å². The molecule has 3 N–H and O–H groups in total. The molecule has 20 heavy (non-hydrogen) atoms. The Bertz CT molecular complexity index is 489. The highest BCUT2D eigenvalue weighted by molar-refractivity contribution is 6.29. The summed E-state index contributed by atoms with van der Waals surface area (Å²) in [6.07, 6.45) is 1.28. The zero-order chi connectivity index (χ0) is 15.1. The lowest BCUT2D eigenvalue weighted by Gasteiger charge is -2.16. The molecule has 0 aromatic heterocycles. The van der Waals surface area contributed by atoms with Crippen molar-refractivity contribution in [1.82, 2.24) is 5.32 Å². The summed E-state index contributed by atoms with van der Waals surface area (Å²) in [7, 11) is 0. The fourth-order valence-electron chi connectivity index (χ4n) is 1.80. The maximum Gasteiger partial charge on any atom is 0.224 e. The molecular formula is C15H21ClN2O2. The number of halogens is 1. The van der Waals surface area contributed by atoms with Crippen LogP contribution >= 0.6 is 11.6 Å². The number of nitrogens with one attached hydrogen (secondary N) is 2. The SMILES string of the molecule is C=C(Cl)CNC(C)c1cc(NC(=O)CCC)ccc1O. The number of carbonyl (C=O) groups is 1. The van der Waals surface area contributed by atoms with Crippen molar-refractivity contribution >= 4 is 23.2 Å². The highest BCUT2D eigenvalue weighted by Gasteiger charge is 2.12. The molecule has 1 atom stereocenters. The average Bonchev–Trinajstić information content (AvgIpc) is 2.38. The van der Waals surface area contributed by atoms with Crippen LogP contribution in [0.1, 0.15) is 38.3 Å². The molecule has 1 unspecified atom stereocenters. The van der Waals surface area contributed by atoms with Crippen LogP contribution in [0, 0.1) is 0 Å². The summed E-state index contributed by atoms with van der Waals surface area (Å²) in [5.41, 5.74) is 1.38. The number of anilines is 1. The number of hydrogen-bond donors (Lipinski definition) is 3. The van der Waals surface area contributed by atoms with Crippen LogP contribution < -0.4 is 10.6 Å². The largest absolute Gasteiger partial charge is 0.508 e. The summed E-state index contributed by atoms with van der Waals surface area (Å²) in [4.78, 5) is 11.6. The minimum atomic E-state index is -0.103. The third-order valence-electron chi connectivity index (χ3n) is 2.85. The van der Waals surface area contributed by atoms with Crippen molar-refractivity contribution in [1.29, 1.82) is 0 Å². The van der Waals surface area contributed by atoms with Crippen molar-refractivity contribution in [2.45, 2.75) is 32.7 Å². The second-order valence-electron chi connectivity index (χ2n) is 4.69. The van der Waals surface area contributed by atoms with Gasteiger partial charge in [-0.1, -0.05) is 25.1 Å². The van der Waals surface area contributed by atoms with Crippen LogP contribution in [-0.2, 0) is 4.79 Å². The molecule has 1 rings (SSSR count). The molecule has 1 aromatic carbocycles. The summed E-state index contributed by atoms with van der Waals surface area (Å²) in [5, 5.41) is 16.4. The van der Waals surface area contributed by atoms with E-state index in [9.17, 15) is 9.90 Å². The molecule has 0 heterocycles. The van der Waals surface area contributed by atoms with Gasteiger partial charge in [0.25, 0.3) is 0 Å². The molecule has 0 fully saturated rings. The first-order valence-corrected chi connectivity index (χ1v) is 7.01.